The van der Waals surface area contributed by atoms with Crippen molar-refractivity contribution in [2.24, 2.45) is 5.92 Å². The Hall–Kier alpha value is -2.88. The molecule has 1 N–H and O–H groups in total. The lowest BCUT2D eigenvalue weighted by atomic mass is 10.1. The number of ether oxygens (including phenoxy) is 1. The summed E-state index contributed by atoms with van der Waals surface area (Å²) in [5.41, 5.74) is 0.116. The third kappa shape index (κ3) is 5.35. The predicted octanol–water partition coefficient (Wildman–Crippen LogP) is 2.54. The number of aromatic nitrogens is 2. The van der Waals surface area contributed by atoms with Gasteiger partial charge in [0, 0.05) is 32.8 Å². The molecule has 1 aliphatic heterocycles. The molecular weight excluding hydrogens is 389 g/mol. The van der Waals surface area contributed by atoms with Crippen LogP contribution in [0.1, 0.15) is 17.5 Å². The number of benzene rings is 1. The van der Waals surface area contributed by atoms with Gasteiger partial charge in [0.2, 0.25) is 11.8 Å². The number of hydrogen-bond acceptors (Lipinski definition) is 4. The normalized spacial score (nSPS) is 17.0. The van der Waals surface area contributed by atoms with E-state index in [0.29, 0.717) is 24.4 Å². The Morgan fingerprint density at radius 1 is 1.38 bits per heavy atom. The Morgan fingerprint density at radius 2 is 2.17 bits per heavy atom. The Labute approximate surface area is 165 Å². The lowest BCUT2D eigenvalue weighted by molar-refractivity contribution is -0.137. The van der Waals surface area contributed by atoms with Crippen molar-refractivity contribution in [3.05, 3.63) is 47.8 Å². The van der Waals surface area contributed by atoms with Crippen molar-refractivity contribution in [1.29, 1.82) is 0 Å². The van der Waals surface area contributed by atoms with Crippen LogP contribution < -0.4 is 5.32 Å². The van der Waals surface area contributed by atoms with Crippen molar-refractivity contribution in [3.63, 3.8) is 0 Å². The summed E-state index contributed by atoms with van der Waals surface area (Å²) < 4.78 is 45.2. The summed E-state index contributed by atoms with van der Waals surface area (Å²) in [6, 6.07) is 4.85. The van der Waals surface area contributed by atoms with Crippen LogP contribution in [0.4, 0.5) is 18.9 Å². The zero-order valence-electron chi connectivity index (χ0n) is 15.8. The van der Waals surface area contributed by atoms with Gasteiger partial charge in [-0.05, 0) is 17.7 Å². The van der Waals surface area contributed by atoms with Gasteiger partial charge >= 0.3 is 6.18 Å². The summed E-state index contributed by atoms with van der Waals surface area (Å²) in [5, 5.41) is 6.82. The van der Waals surface area contributed by atoms with Crippen molar-refractivity contribution in [3.8, 4) is 0 Å². The van der Waals surface area contributed by atoms with Crippen LogP contribution in [0.2, 0.25) is 0 Å². The molecule has 10 heteroatoms. The van der Waals surface area contributed by atoms with E-state index in [4.69, 9.17) is 4.74 Å². The second-order valence-corrected chi connectivity index (χ2v) is 6.85. The molecule has 29 heavy (non-hydrogen) atoms. The molecule has 156 valence electrons. The molecule has 1 aromatic heterocycles. The Kier molecular flexibility index (Phi) is 6.21. The monoisotopic (exact) mass is 410 g/mol. The highest BCUT2D eigenvalue weighted by molar-refractivity contribution is 5.97. The summed E-state index contributed by atoms with van der Waals surface area (Å²) in [6.07, 6.45) is -1.26. The van der Waals surface area contributed by atoms with E-state index in [-0.39, 0.29) is 31.3 Å². The van der Waals surface area contributed by atoms with Crippen LogP contribution in [0.5, 0.6) is 0 Å². The molecule has 1 saturated heterocycles. The number of nitrogens with zero attached hydrogens (tertiary/aromatic N) is 3. The average Bonchev–Trinajstić information content (AvgIpc) is 3.26. The third-order valence-electron chi connectivity index (χ3n) is 4.64. The molecule has 7 nitrogen and oxygen atoms in total. The van der Waals surface area contributed by atoms with Crippen molar-refractivity contribution in [1.82, 2.24) is 14.7 Å². The Morgan fingerprint density at radius 3 is 2.90 bits per heavy atom. The Balaban J connectivity index is 1.58. The fraction of sp³-hybridized carbons (Fsp3) is 0.421. The number of halogens is 3. The summed E-state index contributed by atoms with van der Waals surface area (Å²) in [5.74, 6) is -1.16. The molecule has 3 rings (SSSR count). The highest BCUT2D eigenvalue weighted by Gasteiger charge is 2.35. The number of methoxy groups -OCH3 is 1. The quantitative estimate of drug-likeness (QED) is 0.761. The lowest BCUT2D eigenvalue weighted by Gasteiger charge is -2.17. The summed E-state index contributed by atoms with van der Waals surface area (Å²) >= 11 is 0. The minimum atomic E-state index is -4.44. The molecule has 2 heterocycles. The molecule has 1 aromatic carbocycles. The van der Waals surface area contributed by atoms with Gasteiger partial charge in [-0.15, -0.1) is 0 Å². The molecule has 1 fully saturated rings. The molecule has 0 bridgehead atoms. The first kappa shape index (κ1) is 20.8. The molecule has 0 aliphatic carbocycles. The van der Waals surface area contributed by atoms with Gasteiger partial charge in [-0.25, -0.2) is 0 Å². The molecule has 0 radical (unpaired) electrons. The maximum atomic E-state index is 12.9. The zero-order chi connectivity index (χ0) is 21.0. The minimum Gasteiger partial charge on any atom is -0.383 e. The molecule has 0 saturated carbocycles. The first-order valence-electron chi connectivity index (χ1n) is 9.02. The number of rotatable bonds is 7. The van der Waals surface area contributed by atoms with E-state index in [1.165, 1.54) is 23.2 Å². The van der Waals surface area contributed by atoms with Crippen molar-refractivity contribution in [2.45, 2.75) is 25.7 Å². The topological polar surface area (TPSA) is 76.5 Å². The van der Waals surface area contributed by atoms with E-state index >= 15 is 0 Å². The van der Waals surface area contributed by atoms with Crippen LogP contribution in [-0.4, -0.2) is 46.8 Å². The third-order valence-corrected chi connectivity index (χ3v) is 4.64. The van der Waals surface area contributed by atoms with E-state index in [2.05, 4.69) is 10.4 Å². The summed E-state index contributed by atoms with van der Waals surface area (Å²) in [7, 11) is 1.58. The maximum absolute atomic E-state index is 12.9. The highest BCUT2D eigenvalue weighted by Crippen LogP contribution is 2.30. The summed E-state index contributed by atoms with van der Waals surface area (Å²) in [4.78, 5) is 26.1. The summed E-state index contributed by atoms with van der Waals surface area (Å²) in [6.45, 7) is 1.20. The molecule has 1 unspecified atom stereocenters. The van der Waals surface area contributed by atoms with Crippen molar-refractivity contribution < 1.29 is 27.5 Å². The van der Waals surface area contributed by atoms with Crippen LogP contribution in [0.25, 0.3) is 0 Å². The van der Waals surface area contributed by atoms with Crippen LogP contribution in [0.3, 0.4) is 0 Å². The molecule has 0 spiro atoms. The van der Waals surface area contributed by atoms with Gasteiger partial charge in [-0.1, -0.05) is 12.1 Å². The number of carbonyl (C=O) groups excluding carboxylic acids is 2. The van der Waals surface area contributed by atoms with Gasteiger partial charge in [0.25, 0.3) is 0 Å². The van der Waals surface area contributed by atoms with Crippen molar-refractivity contribution in [2.75, 3.05) is 25.6 Å². The first-order valence-corrected chi connectivity index (χ1v) is 9.02. The van der Waals surface area contributed by atoms with Gasteiger partial charge in [0.15, 0.2) is 0 Å². The standard InChI is InChI=1S/C19H21F3N4O3/c1-29-6-5-26-12-16(9-23-26)24-18(28)14-8-17(27)25(11-14)10-13-3-2-4-15(7-13)19(20,21)22/h2-4,7,9,12,14H,5-6,8,10-11H2,1H3,(H,24,28). The second kappa shape index (κ2) is 8.64. The van der Waals surface area contributed by atoms with Crippen LogP contribution >= 0.6 is 0 Å². The lowest BCUT2D eigenvalue weighted by Crippen LogP contribution is -2.28. The number of alkyl halides is 3. The highest BCUT2D eigenvalue weighted by atomic mass is 19.4. The maximum Gasteiger partial charge on any atom is 0.416 e. The van der Waals surface area contributed by atoms with Crippen molar-refractivity contribution >= 4 is 17.5 Å². The molecule has 1 aliphatic rings. The van der Waals surface area contributed by atoms with E-state index < -0.39 is 17.7 Å². The Bertz CT molecular complexity index is 882. The average molecular weight is 410 g/mol. The van der Waals surface area contributed by atoms with Gasteiger partial charge in [0.05, 0.1) is 36.5 Å². The minimum absolute atomic E-state index is 0.0165. The number of anilines is 1. The number of amides is 2. The fourth-order valence-corrected chi connectivity index (χ4v) is 3.15. The fourth-order valence-electron chi connectivity index (χ4n) is 3.15. The SMILES string of the molecule is COCCn1cc(NC(=O)C2CC(=O)N(Cc3cccc(C(F)(F)F)c3)C2)cn1. The van der Waals surface area contributed by atoms with E-state index in [1.807, 2.05) is 0 Å². The number of likely N-dealkylation sites (tertiary alicyclic amines) is 1. The molecule has 2 amide bonds. The molecule has 2 aromatic rings. The number of carbonyl (C=O) groups is 2. The first-order chi connectivity index (χ1) is 13.8. The predicted molar refractivity (Wildman–Crippen MR) is 97.7 cm³/mol. The zero-order valence-corrected chi connectivity index (χ0v) is 15.8. The van der Waals surface area contributed by atoms with Crippen LogP contribution in [0, 0.1) is 5.92 Å². The second-order valence-electron chi connectivity index (χ2n) is 6.85. The number of nitrogens with one attached hydrogen (secondary N) is 1. The smallest absolute Gasteiger partial charge is 0.383 e. The number of hydrogen-bond donors (Lipinski definition) is 1. The van der Waals surface area contributed by atoms with Gasteiger partial charge in [-0.3, -0.25) is 14.3 Å². The van der Waals surface area contributed by atoms with E-state index in [1.54, 1.807) is 18.0 Å². The van der Waals surface area contributed by atoms with Crippen LogP contribution in [0.15, 0.2) is 36.7 Å². The molecular formula is C19H21F3N4O3. The van der Waals surface area contributed by atoms with E-state index in [0.717, 1.165) is 12.1 Å². The van der Waals surface area contributed by atoms with Gasteiger partial charge < -0.3 is 15.0 Å². The van der Waals surface area contributed by atoms with Gasteiger partial charge in [-0.2, -0.15) is 18.3 Å². The molecule has 1 atom stereocenters. The largest absolute Gasteiger partial charge is 0.416 e. The van der Waals surface area contributed by atoms with Crippen LogP contribution in [-0.2, 0) is 33.6 Å². The van der Waals surface area contributed by atoms with Gasteiger partial charge in [0.1, 0.15) is 0 Å². The van der Waals surface area contributed by atoms with E-state index in [9.17, 15) is 22.8 Å².